The minimum Gasteiger partial charge on any atom is -0.388 e. The molecule has 0 aromatic carbocycles. The summed E-state index contributed by atoms with van der Waals surface area (Å²) in [6.07, 6.45) is 6.84. The average molecular weight is 304 g/mol. The molecule has 1 rings (SSSR count). The summed E-state index contributed by atoms with van der Waals surface area (Å²) in [5, 5.41) is 38.9. The molecule has 0 aromatic heterocycles. The van der Waals surface area contributed by atoms with E-state index >= 15 is 0 Å². The van der Waals surface area contributed by atoms with E-state index in [0.29, 0.717) is 0 Å². The fourth-order valence-electron chi connectivity index (χ4n) is 2.80. The van der Waals surface area contributed by atoms with Crippen LogP contribution in [-0.2, 0) is 4.74 Å². The van der Waals surface area contributed by atoms with Crippen LogP contribution in [-0.4, -0.2) is 51.1 Å². The second-order valence-corrected chi connectivity index (χ2v) is 6.24. The summed E-state index contributed by atoms with van der Waals surface area (Å²) < 4.78 is 5.13. The minimum absolute atomic E-state index is 0.147. The summed E-state index contributed by atoms with van der Waals surface area (Å²) in [6, 6.07) is 0. The largest absolute Gasteiger partial charge is 0.388 e. The molecule has 126 valence electrons. The quantitative estimate of drug-likeness (QED) is 0.461. The normalized spacial score (nSPS) is 33.3. The molecule has 1 fully saturated rings. The molecular weight excluding hydrogens is 272 g/mol. The van der Waals surface area contributed by atoms with Gasteiger partial charge < -0.3 is 25.2 Å². The molecule has 1 saturated heterocycles. The van der Waals surface area contributed by atoms with Gasteiger partial charge in [-0.15, -0.1) is 0 Å². The Hall–Kier alpha value is -0.200. The lowest BCUT2D eigenvalue weighted by molar-refractivity contribution is -0.323. The summed E-state index contributed by atoms with van der Waals surface area (Å²) in [7, 11) is 0. The van der Waals surface area contributed by atoms with Crippen LogP contribution in [0.3, 0.4) is 0 Å². The molecule has 1 aliphatic rings. The van der Waals surface area contributed by atoms with E-state index in [1.807, 2.05) is 0 Å². The Kier molecular flexibility index (Phi) is 8.74. The van der Waals surface area contributed by atoms with Crippen molar-refractivity contribution in [3.63, 3.8) is 0 Å². The van der Waals surface area contributed by atoms with Gasteiger partial charge in [-0.05, 0) is 6.42 Å². The summed E-state index contributed by atoms with van der Waals surface area (Å²) in [4.78, 5) is 0. The number of aliphatic hydroxyl groups excluding tert-OH is 3. The molecule has 5 heteroatoms. The van der Waals surface area contributed by atoms with Gasteiger partial charge in [0.2, 0.25) is 0 Å². The Morgan fingerprint density at radius 2 is 1.43 bits per heavy atom. The number of unbranched alkanes of at least 4 members (excludes halogenated alkanes) is 8. The van der Waals surface area contributed by atoms with Crippen LogP contribution in [0.2, 0.25) is 0 Å². The first-order valence-electron chi connectivity index (χ1n) is 8.42. The lowest BCUT2D eigenvalue weighted by Gasteiger charge is -2.41. The standard InChI is InChI=1S/C16H32O5/c1-2-3-4-5-6-7-8-9-10-11-16(20)15(19)14(18)13(17)12-21-16/h13-15,17-20H,2-12H2,1H3/t13-,14+,15-,16-/m1/s1. The zero-order valence-electron chi connectivity index (χ0n) is 13.2. The fourth-order valence-corrected chi connectivity index (χ4v) is 2.80. The Bertz CT molecular complexity index is 273. The molecule has 0 bridgehead atoms. The van der Waals surface area contributed by atoms with Gasteiger partial charge >= 0.3 is 0 Å². The first-order valence-corrected chi connectivity index (χ1v) is 8.42. The zero-order chi connectivity index (χ0) is 15.7. The number of hydrogen-bond acceptors (Lipinski definition) is 5. The Morgan fingerprint density at radius 3 is 2.00 bits per heavy atom. The molecule has 1 heterocycles. The van der Waals surface area contributed by atoms with E-state index < -0.39 is 24.1 Å². The Balaban J connectivity index is 2.09. The van der Waals surface area contributed by atoms with Gasteiger partial charge in [-0.25, -0.2) is 0 Å². The highest BCUT2D eigenvalue weighted by Crippen LogP contribution is 2.29. The van der Waals surface area contributed by atoms with Crippen LogP contribution < -0.4 is 0 Å². The fraction of sp³-hybridized carbons (Fsp3) is 1.00. The lowest BCUT2D eigenvalue weighted by Crippen LogP contribution is -2.60. The number of aliphatic hydroxyl groups is 4. The smallest absolute Gasteiger partial charge is 0.194 e. The summed E-state index contributed by atoms with van der Waals surface area (Å²) >= 11 is 0. The van der Waals surface area contributed by atoms with Gasteiger partial charge in [0.05, 0.1) is 6.61 Å². The van der Waals surface area contributed by atoms with Crippen LogP contribution in [0, 0.1) is 0 Å². The van der Waals surface area contributed by atoms with Crippen LogP contribution in [0.1, 0.15) is 71.1 Å². The van der Waals surface area contributed by atoms with Crippen molar-refractivity contribution in [2.75, 3.05) is 6.61 Å². The summed E-state index contributed by atoms with van der Waals surface area (Å²) in [5.41, 5.74) is 0. The zero-order valence-corrected chi connectivity index (χ0v) is 13.2. The van der Waals surface area contributed by atoms with E-state index in [9.17, 15) is 20.4 Å². The van der Waals surface area contributed by atoms with Crippen LogP contribution in [0.5, 0.6) is 0 Å². The lowest BCUT2D eigenvalue weighted by atomic mass is 9.92. The highest BCUT2D eigenvalue weighted by molar-refractivity contribution is 4.91. The molecule has 1 aliphatic heterocycles. The van der Waals surface area contributed by atoms with Gasteiger partial charge in [-0.2, -0.15) is 0 Å². The molecule has 4 atom stereocenters. The first kappa shape index (κ1) is 18.8. The topological polar surface area (TPSA) is 90.2 Å². The molecule has 0 unspecified atom stereocenters. The van der Waals surface area contributed by atoms with E-state index in [-0.39, 0.29) is 13.0 Å². The predicted octanol–water partition coefficient (Wildman–Crippen LogP) is 1.71. The summed E-state index contributed by atoms with van der Waals surface area (Å²) in [6.45, 7) is 2.06. The third kappa shape index (κ3) is 6.20. The van der Waals surface area contributed by atoms with E-state index in [2.05, 4.69) is 6.92 Å². The van der Waals surface area contributed by atoms with Crippen molar-refractivity contribution in [3.8, 4) is 0 Å². The van der Waals surface area contributed by atoms with Crippen LogP contribution in [0.4, 0.5) is 0 Å². The van der Waals surface area contributed by atoms with Crippen LogP contribution in [0.25, 0.3) is 0 Å². The maximum absolute atomic E-state index is 10.2. The second kappa shape index (κ2) is 9.74. The monoisotopic (exact) mass is 304 g/mol. The highest BCUT2D eigenvalue weighted by Gasteiger charge is 2.47. The van der Waals surface area contributed by atoms with Crippen LogP contribution in [0.15, 0.2) is 0 Å². The molecule has 0 radical (unpaired) electrons. The SMILES string of the molecule is CCCCCCCCCCC[C@@]1(O)OC[C@@H](O)[C@H](O)[C@H]1O. The van der Waals surface area contributed by atoms with Gasteiger partial charge in [-0.1, -0.05) is 58.3 Å². The molecule has 0 aliphatic carbocycles. The van der Waals surface area contributed by atoms with E-state index in [1.54, 1.807) is 0 Å². The maximum atomic E-state index is 10.2. The van der Waals surface area contributed by atoms with Gasteiger partial charge in [0.1, 0.15) is 18.3 Å². The summed E-state index contributed by atoms with van der Waals surface area (Å²) in [5.74, 6) is -1.72. The Labute approximate surface area is 127 Å². The number of hydrogen-bond donors (Lipinski definition) is 4. The first-order chi connectivity index (χ1) is 10.0. The molecular formula is C16H32O5. The van der Waals surface area contributed by atoms with E-state index in [4.69, 9.17) is 4.74 Å². The molecule has 0 amide bonds. The van der Waals surface area contributed by atoms with Crippen molar-refractivity contribution < 1.29 is 25.2 Å². The molecule has 21 heavy (non-hydrogen) atoms. The molecule has 4 N–H and O–H groups in total. The molecule has 0 saturated carbocycles. The van der Waals surface area contributed by atoms with Gasteiger partial charge in [0.25, 0.3) is 0 Å². The van der Waals surface area contributed by atoms with Gasteiger partial charge in [0.15, 0.2) is 5.79 Å². The van der Waals surface area contributed by atoms with Crippen molar-refractivity contribution in [1.29, 1.82) is 0 Å². The predicted molar refractivity (Wildman–Crippen MR) is 80.8 cm³/mol. The molecule has 0 aromatic rings. The van der Waals surface area contributed by atoms with E-state index in [1.165, 1.54) is 38.5 Å². The highest BCUT2D eigenvalue weighted by atomic mass is 16.6. The average Bonchev–Trinajstić information content (AvgIpc) is 2.48. The number of ether oxygens (including phenoxy) is 1. The second-order valence-electron chi connectivity index (χ2n) is 6.24. The maximum Gasteiger partial charge on any atom is 0.194 e. The third-order valence-corrected chi connectivity index (χ3v) is 4.32. The van der Waals surface area contributed by atoms with Crippen molar-refractivity contribution in [2.24, 2.45) is 0 Å². The minimum atomic E-state index is -1.72. The molecule has 0 spiro atoms. The van der Waals surface area contributed by atoms with E-state index in [0.717, 1.165) is 19.3 Å². The van der Waals surface area contributed by atoms with Crippen molar-refractivity contribution in [3.05, 3.63) is 0 Å². The van der Waals surface area contributed by atoms with Gasteiger partial charge in [-0.3, -0.25) is 0 Å². The van der Waals surface area contributed by atoms with Gasteiger partial charge in [0, 0.05) is 6.42 Å². The Morgan fingerprint density at radius 1 is 0.905 bits per heavy atom. The molecule has 5 nitrogen and oxygen atoms in total. The number of rotatable bonds is 10. The van der Waals surface area contributed by atoms with Crippen molar-refractivity contribution >= 4 is 0 Å². The van der Waals surface area contributed by atoms with Crippen molar-refractivity contribution in [1.82, 2.24) is 0 Å². The third-order valence-electron chi connectivity index (χ3n) is 4.32. The van der Waals surface area contributed by atoms with Crippen LogP contribution >= 0.6 is 0 Å². The van der Waals surface area contributed by atoms with Crippen molar-refractivity contribution in [2.45, 2.75) is 95.2 Å².